The number of quaternary nitrogens is 1. The van der Waals surface area contributed by atoms with E-state index in [1.165, 1.54) is 11.3 Å². The second-order valence-electron chi connectivity index (χ2n) is 6.85. The van der Waals surface area contributed by atoms with Gasteiger partial charge >= 0.3 is 0 Å². The van der Waals surface area contributed by atoms with Gasteiger partial charge in [0.15, 0.2) is 0 Å². The van der Waals surface area contributed by atoms with Gasteiger partial charge < -0.3 is 19.3 Å². The van der Waals surface area contributed by atoms with Gasteiger partial charge in [-0.2, -0.15) is 0 Å². The van der Waals surface area contributed by atoms with E-state index in [-0.39, 0.29) is 11.1 Å². The fraction of sp³-hybridized carbons (Fsp3) is 0.923. The molecule has 2 rings (SSSR count). The number of likely N-dealkylation sites (N-methyl/N-ethyl adjacent to an activating group) is 1. The first-order chi connectivity index (χ1) is 7.72. The second-order valence-corrected chi connectivity index (χ2v) is 6.85. The molecule has 0 N–H and O–H groups in total. The molecule has 2 unspecified atom stereocenters. The first kappa shape index (κ1) is 12.7. The van der Waals surface area contributed by atoms with Crippen molar-refractivity contribution in [3.8, 4) is 0 Å². The van der Waals surface area contributed by atoms with Gasteiger partial charge in [-0.05, 0) is 20.8 Å². The predicted octanol–water partition coefficient (Wildman–Crippen LogP) is 0.813. The van der Waals surface area contributed by atoms with Crippen LogP contribution in [0.2, 0.25) is 0 Å². The number of rotatable bonds is 0. The van der Waals surface area contributed by atoms with Crippen molar-refractivity contribution in [2.75, 3.05) is 26.7 Å². The zero-order valence-corrected chi connectivity index (χ0v) is 11.5. The number of carbonyl (C=O) groups is 1. The highest BCUT2D eigenvalue weighted by Crippen LogP contribution is 2.47. The minimum atomic E-state index is -1.01. The van der Waals surface area contributed by atoms with Gasteiger partial charge in [0.1, 0.15) is 11.6 Å². The van der Waals surface area contributed by atoms with E-state index < -0.39 is 6.09 Å². The molecule has 1 spiro atoms. The van der Waals surface area contributed by atoms with Gasteiger partial charge in [-0.3, -0.25) is 0 Å². The van der Waals surface area contributed by atoms with E-state index in [1.54, 1.807) is 0 Å². The Morgan fingerprint density at radius 2 is 2.00 bits per heavy atom. The molecule has 4 heteroatoms. The van der Waals surface area contributed by atoms with Crippen molar-refractivity contribution in [1.29, 1.82) is 0 Å². The molecule has 2 fully saturated rings. The smallest absolute Gasteiger partial charge is 0.137 e. The second kappa shape index (κ2) is 3.61. The van der Waals surface area contributed by atoms with Gasteiger partial charge in [0, 0.05) is 25.8 Å². The lowest BCUT2D eigenvalue weighted by atomic mass is 9.88. The zero-order valence-electron chi connectivity index (χ0n) is 11.5. The molecule has 0 aliphatic carbocycles. The van der Waals surface area contributed by atoms with Crippen molar-refractivity contribution < 1.29 is 14.4 Å². The first-order valence-electron chi connectivity index (χ1n) is 6.54. The van der Waals surface area contributed by atoms with Crippen molar-refractivity contribution >= 4 is 6.09 Å². The maximum atomic E-state index is 11.0. The van der Waals surface area contributed by atoms with Crippen molar-refractivity contribution in [1.82, 2.24) is 4.90 Å². The Morgan fingerprint density at radius 3 is 2.47 bits per heavy atom. The zero-order chi connectivity index (χ0) is 12.9. The molecule has 0 aromatic rings. The van der Waals surface area contributed by atoms with Crippen LogP contribution in [-0.2, 0) is 0 Å². The average molecular weight is 240 g/mol. The van der Waals surface area contributed by atoms with E-state index in [9.17, 15) is 9.90 Å². The van der Waals surface area contributed by atoms with Crippen LogP contribution in [-0.4, -0.2) is 53.2 Å². The highest BCUT2D eigenvalue weighted by atomic mass is 16.4. The third kappa shape index (κ3) is 1.65. The molecule has 0 radical (unpaired) electrons. The maximum Gasteiger partial charge on any atom is 0.137 e. The maximum absolute atomic E-state index is 11.0. The number of hydrogen-bond donors (Lipinski definition) is 0. The standard InChI is InChI=1S/C13H24N2O2/c1-12(2,3)15(4)9-5-6-13(15)7-8-14(10-13)11(16)17/h5-10H2,1-4H3. The summed E-state index contributed by atoms with van der Waals surface area (Å²) in [6, 6.07) is 0. The van der Waals surface area contributed by atoms with E-state index in [4.69, 9.17) is 0 Å². The van der Waals surface area contributed by atoms with Crippen molar-refractivity contribution in [2.24, 2.45) is 0 Å². The molecule has 0 aromatic heterocycles. The Labute approximate surface area is 104 Å². The Morgan fingerprint density at radius 1 is 1.35 bits per heavy atom. The lowest BCUT2D eigenvalue weighted by molar-refractivity contribution is -0.985. The molecule has 2 aliphatic heterocycles. The normalized spacial score (nSPS) is 38.0. The average Bonchev–Trinajstić information content (AvgIpc) is 2.74. The topological polar surface area (TPSA) is 43.4 Å². The summed E-state index contributed by atoms with van der Waals surface area (Å²) in [5, 5.41) is 11.0. The summed E-state index contributed by atoms with van der Waals surface area (Å²) in [6.45, 7) is 9.25. The molecule has 2 saturated heterocycles. The Hall–Kier alpha value is -0.770. The molecular formula is C13H24N2O2. The van der Waals surface area contributed by atoms with E-state index in [2.05, 4.69) is 27.8 Å². The Balaban J connectivity index is 2.29. The molecule has 17 heavy (non-hydrogen) atoms. The third-order valence-corrected chi connectivity index (χ3v) is 5.37. The molecule has 0 bridgehead atoms. The first-order valence-corrected chi connectivity index (χ1v) is 6.54. The summed E-state index contributed by atoms with van der Waals surface area (Å²) in [7, 11) is 2.30. The highest BCUT2D eigenvalue weighted by Gasteiger charge is 2.60. The molecule has 0 saturated carbocycles. The summed E-state index contributed by atoms with van der Waals surface area (Å²) in [5.41, 5.74) is 0.288. The van der Waals surface area contributed by atoms with E-state index >= 15 is 0 Å². The van der Waals surface area contributed by atoms with Crippen molar-refractivity contribution in [3.05, 3.63) is 0 Å². The molecule has 98 valence electrons. The van der Waals surface area contributed by atoms with Crippen LogP contribution < -0.4 is 5.11 Å². The number of amides is 1. The van der Waals surface area contributed by atoms with Crippen LogP contribution in [0, 0.1) is 0 Å². The minimum Gasteiger partial charge on any atom is -0.530 e. The van der Waals surface area contributed by atoms with Crippen LogP contribution in [0.1, 0.15) is 40.0 Å². The van der Waals surface area contributed by atoms with Gasteiger partial charge in [-0.1, -0.05) is 0 Å². The summed E-state index contributed by atoms with van der Waals surface area (Å²) in [5.74, 6) is 0. The van der Waals surface area contributed by atoms with Gasteiger partial charge in [-0.25, -0.2) is 0 Å². The summed E-state index contributed by atoms with van der Waals surface area (Å²) in [6.07, 6.45) is 2.32. The summed E-state index contributed by atoms with van der Waals surface area (Å²) >= 11 is 0. The van der Waals surface area contributed by atoms with Crippen LogP contribution >= 0.6 is 0 Å². The van der Waals surface area contributed by atoms with E-state index in [0.717, 1.165) is 23.9 Å². The Kier molecular flexibility index (Phi) is 2.69. The molecule has 2 heterocycles. The number of carbonyl (C=O) groups excluding carboxylic acids is 1. The molecule has 4 nitrogen and oxygen atoms in total. The summed E-state index contributed by atoms with van der Waals surface area (Å²) in [4.78, 5) is 12.5. The SMILES string of the molecule is CC(C)(C)[N+]1(C)CCCC12CCN(C(=O)[O-])C2. The molecule has 1 amide bonds. The van der Waals surface area contributed by atoms with Gasteiger partial charge in [0.05, 0.1) is 25.7 Å². The fourth-order valence-corrected chi connectivity index (χ4v) is 3.87. The lowest BCUT2D eigenvalue weighted by Crippen LogP contribution is -2.68. The lowest BCUT2D eigenvalue weighted by Gasteiger charge is -2.53. The quantitative estimate of drug-likeness (QED) is 0.588. The van der Waals surface area contributed by atoms with Crippen LogP contribution in [0.3, 0.4) is 0 Å². The Bertz CT molecular complexity index is 337. The molecular weight excluding hydrogens is 216 g/mol. The van der Waals surface area contributed by atoms with Crippen LogP contribution in [0.15, 0.2) is 0 Å². The van der Waals surface area contributed by atoms with Crippen LogP contribution in [0.5, 0.6) is 0 Å². The molecule has 0 aromatic carbocycles. The van der Waals surface area contributed by atoms with Crippen LogP contribution in [0.4, 0.5) is 4.79 Å². The van der Waals surface area contributed by atoms with Gasteiger partial charge in [0.2, 0.25) is 0 Å². The van der Waals surface area contributed by atoms with Crippen LogP contribution in [0.25, 0.3) is 0 Å². The predicted molar refractivity (Wildman–Crippen MR) is 64.4 cm³/mol. The fourth-order valence-electron chi connectivity index (χ4n) is 3.87. The number of likely N-dealkylation sites (tertiary alicyclic amines) is 2. The molecule has 2 atom stereocenters. The third-order valence-electron chi connectivity index (χ3n) is 5.37. The number of carboxylic acid groups (broad SMARTS) is 1. The highest BCUT2D eigenvalue weighted by molar-refractivity contribution is 5.63. The van der Waals surface area contributed by atoms with E-state index in [0.29, 0.717) is 13.1 Å². The minimum absolute atomic E-state index is 0.123. The molecule has 2 aliphatic rings. The van der Waals surface area contributed by atoms with E-state index in [1.807, 2.05) is 0 Å². The summed E-state index contributed by atoms with van der Waals surface area (Å²) < 4.78 is 0.990. The van der Waals surface area contributed by atoms with Crippen molar-refractivity contribution in [3.63, 3.8) is 0 Å². The number of hydrogen-bond acceptors (Lipinski definition) is 2. The van der Waals surface area contributed by atoms with Gasteiger partial charge in [0.25, 0.3) is 0 Å². The monoisotopic (exact) mass is 240 g/mol. The van der Waals surface area contributed by atoms with Gasteiger partial charge in [-0.15, -0.1) is 0 Å². The largest absolute Gasteiger partial charge is 0.530 e. The van der Waals surface area contributed by atoms with Crippen molar-refractivity contribution in [2.45, 2.75) is 51.1 Å². The number of nitrogens with zero attached hydrogens (tertiary/aromatic N) is 2.